The standard InChI is InChI=1S/C11H17BrN2O2S/c1-8(6-13)7-14-17(15,16)11-5-10(12)4-3-9(11)2/h3-5,8,14H,6-7,13H2,1-2H3. The summed E-state index contributed by atoms with van der Waals surface area (Å²) in [5.41, 5.74) is 6.18. The molecule has 6 heteroatoms. The van der Waals surface area contributed by atoms with Crippen LogP contribution >= 0.6 is 15.9 Å². The van der Waals surface area contributed by atoms with E-state index in [-0.39, 0.29) is 5.92 Å². The third kappa shape index (κ3) is 4.06. The highest BCUT2D eigenvalue weighted by Crippen LogP contribution is 2.20. The summed E-state index contributed by atoms with van der Waals surface area (Å²) in [7, 11) is -3.45. The van der Waals surface area contributed by atoms with Gasteiger partial charge in [0.2, 0.25) is 10.0 Å². The highest BCUT2D eigenvalue weighted by molar-refractivity contribution is 9.10. The lowest BCUT2D eigenvalue weighted by molar-refractivity contribution is 0.544. The molecule has 0 bridgehead atoms. The van der Waals surface area contributed by atoms with Gasteiger partial charge in [-0.2, -0.15) is 0 Å². The van der Waals surface area contributed by atoms with Crippen molar-refractivity contribution in [3.63, 3.8) is 0 Å². The summed E-state index contributed by atoms with van der Waals surface area (Å²) in [6, 6.07) is 5.19. The highest BCUT2D eigenvalue weighted by Gasteiger charge is 2.17. The fraction of sp³-hybridized carbons (Fsp3) is 0.455. The van der Waals surface area contributed by atoms with Crippen molar-refractivity contribution in [1.82, 2.24) is 4.72 Å². The second kappa shape index (κ2) is 5.95. The Labute approximate surface area is 111 Å². The van der Waals surface area contributed by atoms with Gasteiger partial charge in [0.25, 0.3) is 0 Å². The number of halogens is 1. The van der Waals surface area contributed by atoms with Crippen LogP contribution in [0.5, 0.6) is 0 Å². The van der Waals surface area contributed by atoms with Crippen molar-refractivity contribution in [2.24, 2.45) is 11.7 Å². The van der Waals surface area contributed by atoms with Gasteiger partial charge in [0, 0.05) is 11.0 Å². The summed E-state index contributed by atoms with van der Waals surface area (Å²) in [6.45, 7) is 4.48. The Morgan fingerprint density at radius 2 is 2.12 bits per heavy atom. The summed E-state index contributed by atoms with van der Waals surface area (Å²) in [5.74, 6) is 0.122. The zero-order chi connectivity index (χ0) is 13.1. The van der Waals surface area contributed by atoms with Gasteiger partial charge in [0.1, 0.15) is 0 Å². The minimum absolute atomic E-state index is 0.122. The number of sulfonamides is 1. The number of nitrogens with one attached hydrogen (secondary N) is 1. The Morgan fingerprint density at radius 3 is 2.71 bits per heavy atom. The first-order valence-electron chi connectivity index (χ1n) is 5.32. The number of hydrogen-bond acceptors (Lipinski definition) is 3. The van der Waals surface area contributed by atoms with Gasteiger partial charge in [-0.1, -0.05) is 28.9 Å². The molecule has 17 heavy (non-hydrogen) atoms. The molecule has 4 nitrogen and oxygen atoms in total. The molecule has 1 atom stereocenters. The van der Waals surface area contributed by atoms with Crippen LogP contribution in [0.4, 0.5) is 0 Å². The lowest BCUT2D eigenvalue weighted by Crippen LogP contribution is -2.31. The highest BCUT2D eigenvalue weighted by atomic mass is 79.9. The summed E-state index contributed by atoms with van der Waals surface area (Å²) in [5, 5.41) is 0. The van der Waals surface area contributed by atoms with Crippen LogP contribution in [0.2, 0.25) is 0 Å². The maximum atomic E-state index is 12.1. The fourth-order valence-corrected chi connectivity index (χ4v) is 3.22. The predicted octanol–water partition coefficient (Wildman–Crippen LogP) is 1.63. The van der Waals surface area contributed by atoms with E-state index in [0.29, 0.717) is 18.0 Å². The number of hydrogen-bond donors (Lipinski definition) is 2. The van der Waals surface area contributed by atoms with Crippen molar-refractivity contribution < 1.29 is 8.42 Å². The molecule has 1 unspecified atom stereocenters. The van der Waals surface area contributed by atoms with E-state index in [4.69, 9.17) is 5.73 Å². The van der Waals surface area contributed by atoms with E-state index in [1.807, 2.05) is 13.0 Å². The molecule has 1 rings (SSSR count). The maximum absolute atomic E-state index is 12.1. The molecule has 0 aromatic heterocycles. The van der Waals surface area contributed by atoms with Crippen molar-refractivity contribution in [2.45, 2.75) is 18.7 Å². The summed E-state index contributed by atoms with van der Waals surface area (Å²) >= 11 is 3.27. The van der Waals surface area contributed by atoms with E-state index in [0.717, 1.165) is 10.0 Å². The van der Waals surface area contributed by atoms with Crippen LogP contribution in [0, 0.1) is 12.8 Å². The summed E-state index contributed by atoms with van der Waals surface area (Å²) < 4.78 is 27.4. The van der Waals surface area contributed by atoms with Gasteiger partial charge in [-0.25, -0.2) is 13.1 Å². The summed E-state index contributed by atoms with van der Waals surface area (Å²) in [6.07, 6.45) is 0. The first-order valence-corrected chi connectivity index (χ1v) is 7.60. The Bertz CT molecular complexity index is 488. The molecule has 3 N–H and O–H groups in total. The molecule has 0 spiro atoms. The topological polar surface area (TPSA) is 72.2 Å². The molecule has 1 aromatic carbocycles. The first-order chi connectivity index (χ1) is 7.86. The molecule has 0 saturated heterocycles. The Balaban J connectivity index is 2.93. The molecule has 0 heterocycles. The van der Waals surface area contributed by atoms with Crippen LogP contribution in [0.3, 0.4) is 0 Å². The van der Waals surface area contributed by atoms with E-state index in [2.05, 4.69) is 20.7 Å². The fourth-order valence-electron chi connectivity index (χ4n) is 1.28. The van der Waals surface area contributed by atoms with E-state index < -0.39 is 10.0 Å². The van der Waals surface area contributed by atoms with E-state index >= 15 is 0 Å². The van der Waals surface area contributed by atoms with Crippen molar-refractivity contribution in [2.75, 3.05) is 13.1 Å². The Morgan fingerprint density at radius 1 is 1.47 bits per heavy atom. The van der Waals surface area contributed by atoms with E-state index in [1.54, 1.807) is 19.1 Å². The largest absolute Gasteiger partial charge is 0.330 e. The molecular formula is C11H17BrN2O2S. The molecular weight excluding hydrogens is 304 g/mol. The van der Waals surface area contributed by atoms with Gasteiger partial charge in [0.05, 0.1) is 4.90 Å². The van der Waals surface area contributed by atoms with Crippen molar-refractivity contribution in [3.05, 3.63) is 28.2 Å². The maximum Gasteiger partial charge on any atom is 0.240 e. The SMILES string of the molecule is Cc1ccc(Br)cc1S(=O)(=O)NCC(C)CN. The molecule has 96 valence electrons. The number of aryl methyl sites for hydroxylation is 1. The number of rotatable bonds is 5. The van der Waals surface area contributed by atoms with Crippen LogP contribution < -0.4 is 10.5 Å². The molecule has 0 fully saturated rings. The van der Waals surface area contributed by atoms with Gasteiger partial charge in [-0.15, -0.1) is 0 Å². The van der Waals surface area contributed by atoms with E-state index in [1.165, 1.54) is 0 Å². The van der Waals surface area contributed by atoms with Gasteiger partial charge < -0.3 is 5.73 Å². The molecule has 1 aromatic rings. The van der Waals surface area contributed by atoms with Gasteiger partial charge >= 0.3 is 0 Å². The van der Waals surface area contributed by atoms with Crippen molar-refractivity contribution >= 4 is 26.0 Å². The third-order valence-corrected chi connectivity index (χ3v) is 4.52. The van der Waals surface area contributed by atoms with Crippen LogP contribution in [0.1, 0.15) is 12.5 Å². The first kappa shape index (κ1) is 14.6. The molecule has 0 aliphatic heterocycles. The lowest BCUT2D eigenvalue weighted by Gasteiger charge is -2.12. The van der Waals surface area contributed by atoms with E-state index in [9.17, 15) is 8.42 Å². The van der Waals surface area contributed by atoms with Gasteiger partial charge in [0.15, 0.2) is 0 Å². The average Bonchev–Trinajstić information content (AvgIpc) is 2.29. The summed E-state index contributed by atoms with van der Waals surface area (Å²) in [4.78, 5) is 0.302. The van der Waals surface area contributed by atoms with Crippen LogP contribution in [0.25, 0.3) is 0 Å². The minimum atomic E-state index is -3.45. The molecule has 0 aliphatic rings. The molecule has 0 radical (unpaired) electrons. The Kier molecular flexibility index (Phi) is 5.12. The normalized spacial score (nSPS) is 13.6. The monoisotopic (exact) mass is 320 g/mol. The second-order valence-electron chi connectivity index (χ2n) is 4.10. The molecule has 0 aliphatic carbocycles. The molecule has 0 amide bonds. The molecule has 0 saturated carbocycles. The van der Waals surface area contributed by atoms with Crippen molar-refractivity contribution in [3.8, 4) is 0 Å². The third-order valence-electron chi connectivity index (χ3n) is 2.46. The quantitative estimate of drug-likeness (QED) is 0.866. The lowest BCUT2D eigenvalue weighted by atomic mass is 10.2. The van der Waals surface area contributed by atoms with Gasteiger partial charge in [-0.3, -0.25) is 0 Å². The van der Waals surface area contributed by atoms with Crippen LogP contribution in [-0.2, 0) is 10.0 Å². The average molecular weight is 321 g/mol. The second-order valence-corrected chi connectivity index (χ2v) is 6.75. The van der Waals surface area contributed by atoms with Crippen molar-refractivity contribution in [1.29, 1.82) is 0 Å². The minimum Gasteiger partial charge on any atom is -0.330 e. The van der Waals surface area contributed by atoms with Gasteiger partial charge in [-0.05, 0) is 37.1 Å². The smallest absolute Gasteiger partial charge is 0.240 e. The number of benzene rings is 1. The van der Waals surface area contributed by atoms with Crippen LogP contribution in [-0.4, -0.2) is 21.5 Å². The Hall–Kier alpha value is -0.430. The zero-order valence-corrected chi connectivity index (χ0v) is 12.3. The predicted molar refractivity (Wildman–Crippen MR) is 72.3 cm³/mol. The van der Waals surface area contributed by atoms with Crippen LogP contribution in [0.15, 0.2) is 27.6 Å². The number of nitrogens with two attached hydrogens (primary N) is 1. The zero-order valence-electron chi connectivity index (χ0n) is 9.90.